The smallest absolute Gasteiger partial charge is 0.162 e. The van der Waals surface area contributed by atoms with Gasteiger partial charge in [-0.3, -0.25) is 5.43 Å². The van der Waals surface area contributed by atoms with Gasteiger partial charge in [0.2, 0.25) is 0 Å². The molecule has 3 aromatic carbocycles. The van der Waals surface area contributed by atoms with E-state index in [0.29, 0.717) is 23.1 Å². The molecular formula is C21H19ClN2O2. The Labute approximate surface area is 158 Å². The number of methoxy groups -OCH3 is 1. The molecule has 0 aliphatic heterocycles. The van der Waals surface area contributed by atoms with E-state index in [9.17, 15) is 0 Å². The number of ether oxygens (including phenoxy) is 2. The first-order valence-electron chi connectivity index (χ1n) is 8.14. The lowest BCUT2D eigenvalue weighted by atomic mass is 10.2. The van der Waals surface area contributed by atoms with Gasteiger partial charge in [0.15, 0.2) is 11.5 Å². The molecule has 3 rings (SSSR count). The van der Waals surface area contributed by atoms with Gasteiger partial charge < -0.3 is 9.47 Å². The Morgan fingerprint density at radius 3 is 2.46 bits per heavy atom. The van der Waals surface area contributed by atoms with Crippen molar-refractivity contribution in [2.75, 3.05) is 12.5 Å². The molecule has 0 bridgehead atoms. The van der Waals surface area contributed by atoms with Gasteiger partial charge in [-0.2, -0.15) is 5.10 Å². The zero-order valence-corrected chi connectivity index (χ0v) is 15.1. The number of nitrogens with zero attached hydrogens (tertiary/aromatic N) is 1. The van der Waals surface area contributed by atoms with Gasteiger partial charge in [0.1, 0.15) is 6.61 Å². The van der Waals surface area contributed by atoms with E-state index in [2.05, 4.69) is 10.5 Å². The third kappa shape index (κ3) is 5.01. The van der Waals surface area contributed by atoms with Crippen LogP contribution in [0.25, 0.3) is 0 Å². The fourth-order valence-electron chi connectivity index (χ4n) is 2.33. The second kappa shape index (κ2) is 8.92. The highest BCUT2D eigenvalue weighted by atomic mass is 35.5. The number of nitrogens with one attached hydrogen (secondary N) is 1. The summed E-state index contributed by atoms with van der Waals surface area (Å²) in [6.07, 6.45) is 1.73. The van der Waals surface area contributed by atoms with Gasteiger partial charge in [0, 0.05) is 5.02 Å². The minimum absolute atomic E-state index is 0.473. The van der Waals surface area contributed by atoms with Crippen LogP contribution in [0, 0.1) is 0 Å². The second-order valence-corrected chi connectivity index (χ2v) is 6.00. The molecule has 26 heavy (non-hydrogen) atoms. The van der Waals surface area contributed by atoms with Crippen molar-refractivity contribution in [3.8, 4) is 11.5 Å². The summed E-state index contributed by atoms with van der Waals surface area (Å²) in [5.41, 5.74) is 5.82. The maximum atomic E-state index is 5.91. The van der Waals surface area contributed by atoms with Crippen LogP contribution in [0.15, 0.2) is 77.9 Å². The Morgan fingerprint density at radius 1 is 0.962 bits per heavy atom. The number of halogens is 1. The average molecular weight is 367 g/mol. The van der Waals surface area contributed by atoms with Gasteiger partial charge in [-0.15, -0.1) is 0 Å². The van der Waals surface area contributed by atoms with Crippen LogP contribution in [0.3, 0.4) is 0 Å². The van der Waals surface area contributed by atoms with Crippen LogP contribution in [0.4, 0.5) is 5.69 Å². The Hall–Kier alpha value is -2.98. The van der Waals surface area contributed by atoms with E-state index in [1.54, 1.807) is 13.3 Å². The molecular weight excluding hydrogens is 348 g/mol. The van der Waals surface area contributed by atoms with E-state index < -0.39 is 0 Å². The summed E-state index contributed by atoms with van der Waals surface area (Å²) in [6.45, 7) is 0.473. The molecule has 0 atom stereocenters. The first-order valence-corrected chi connectivity index (χ1v) is 8.52. The largest absolute Gasteiger partial charge is 0.493 e. The van der Waals surface area contributed by atoms with Crippen molar-refractivity contribution < 1.29 is 9.47 Å². The van der Waals surface area contributed by atoms with E-state index in [0.717, 1.165) is 16.8 Å². The molecule has 0 saturated heterocycles. The maximum Gasteiger partial charge on any atom is 0.162 e. The highest BCUT2D eigenvalue weighted by Crippen LogP contribution is 2.28. The van der Waals surface area contributed by atoms with Crippen LogP contribution in [-0.4, -0.2) is 13.3 Å². The molecule has 0 saturated carbocycles. The summed E-state index contributed by atoms with van der Waals surface area (Å²) >= 11 is 5.87. The standard InChI is InChI=1S/C21H19ClN2O2/c1-25-20-12-7-17(14-23-24-19-10-8-18(22)9-11-19)13-21(20)26-15-16-5-3-2-4-6-16/h2-14,24H,15H2,1H3. The Balaban J connectivity index is 1.67. The Kier molecular flexibility index (Phi) is 6.12. The van der Waals surface area contributed by atoms with Crippen molar-refractivity contribution >= 4 is 23.5 Å². The lowest BCUT2D eigenvalue weighted by Gasteiger charge is -2.11. The molecule has 132 valence electrons. The molecule has 3 aromatic rings. The van der Waals surface area contributed by atoms with E-state index in [4.69, 9.17) is 21.1 Å². The van der Waals surface area contributed by atoms with Crippen molar-refractivity contribution in [1.82, 2.24) is 0 Å². The number of anilines is 1. The third-order valence-corrected chi connectivity index (χ3v) is 3.93. The summed E-state index contributed by atoms with van der Waals surface area (Å²) in [4.78, 5) is 0. The molecule has 0 spiro atoms. The number of rotatable bonds is 7. The first kappa shape index (κ1) is 17.8. The molecule has 0 heterocycles. The zero-order chi connectivity index (χ0) is 18.2. The fourth-order valence-corrected chi connectivity index (χ4v) is 2.45. The highest BCUT2D eigenvalue weighted by molar-refractivity contribution is 6.30. The molecule has 4 nitrogen and oxygen atoms in total. The second-order valence-electron chi connectivity index (χ2n) is 5.56. The summed E-state index contributed by atoms with van der Waals surface area (Å²) in [6, 6.07) is 23.0. The van der Waals surface area contributed by atoms with Gasteiger partial charge in [-0.1, -0.05) is 41.9 Å². The lowest BCUT2D eigenvalue weighted by Crippen LogP contribution is -1.99. The predicted octanol–water partition coefficient (Wildman–Crippen LogP) is 5.37. The normalized spacial score (nSPS) is 10.7. The molecule has 0 unspecified atom stereocenters. The number of hydrazone groups is 1. The first-order chi connectivity index (χ1) is 12.7. The van der Waals surface area contributed by atoms with Crippen LogP contribution in [0.5, 0.6) is 11.5 Å². The van der Waals surface area contributed by atoms with E-state index in [-0.39, 0.29) is 0 Å². The van der Waals surface area contributed by atoms with Crippen molar-refractivity contribution in [2.24, 2.45) is 5.10 Å². The Morgan fingerprint density at radius 2 is 1.73 bits per heavy atom. The maximum absolute atomic E-state index is 5.91. The van der Waals surface area contributed by atoms with Crippen molar-refractivity contribution in [3.05, 3.63) is 88.9 Å². The van der Waals surface area contributed by atoms with Gasteiger partial charge in [0.25, 0.3) is 0 Å². The average Bonchev–Trinajstić information content (AvgIpc) is 2.69. The van der Waals surface area contributed by atoms with Crippen LogP contribution < -0.4 is 14.9 Å². The molecule has 0 radical (unpaired) electrons. The topological polar surface area (TPSA) is 42.8 Å². The summed E-state index contributed by atoms with van der Waals surface area (Å²) < 4.78 is 11.3. The number of benzene rings is 3. The predicted molar refractivity (Wildman–Crippen MR) is 106 cm³/mol. The van der Waals surface area contributed by atoms with Crippen LogP contribution in [-0.2, 0) is 6.61 Å². The Bertz CT molecular complexity index is 865. The molecule has 1 N–H and O–H groups in total. The third-order valence-electron chi connectivity index (χ3n) is 3.68. The van der Waals surface area contributed by atoms with Crippen LogP contribution in [0.1, 0.15) is 11.1 Å². The van der Waals surface area contributed by atoms with E-state index in [1.807, 2.05) is 72.8 Å². The molecule has 0 aliphatic carbocycles. The molecule has 0 aliphatic rings. The fraction of sp³-hybridized carbons (Fsp3) is 0.0952. The van der Waals surface area contributed by atoms with Crippen LogP contribution in [0.2, 0.25) is 5.02 Å². The van der Waals surface area contributed by atoms with E-state index >= 15 is 0 Å². The van der Waals surface area contributed by atoms with Gasteiger partial charge in [-0.05, 0) is 53.6 Å². The number of hydrogen-bond donors (Lipinski definition) is 1. The van der Waals surface area contributed by atoms with Gasteiger partial charge >= 0.3 is 0 Å². The molecule has 0 fully saturated rings. The van der Waals surface area contributed by atoms with Gasteiger partial charge in [0.05, 0.1) is 19.0 Å². The van der Waals surface area contributed by atoms with Crippen LogP contribution >= 0.6 is 11.6 Å². The molecule has 0 amide bonds. The number of hydrogen-bond acceptors (Lipinski definition) is 4. The monoisotopic (exact) mass is 366 g/mol. The zero-order valence-electron chi connectivity index (χ0n) is 14.4. The summed E-state index contributed by atoms with van der Waals surface area (Å²) in [7, 11) is 1.63. The lowest BCUT2D eigenvalue weighted by molar-refractivity contribution is 0.284. The summed E-state index contributed by atoms with van der Waals surface area (Å²) in [5.74, 6) is 1.36. The minimum Gasteiger partial charge on any atom is -0.493 e. The van der Waals surface area contributed by atoms with Gasteiger partial charge in [-0.25, -0.2) is 0 Å². The molecule has 0 aromatic heterocycles. The van der Waals surface area contributed by atoms with Crippen molar-refractivity contribution in [2.45, 2.75) is 6.61 Å². The van der Waals surface area contributed by atoms with Crippen molar-refractivity contribution in [1.29, 1.82) is 0 Å². The van der Waals surface area contributed by atoms with Crippen molar-refractivity contribution in [3.63, 3.8) is 0 Å². The molecule has 5 heteroatoms. The van der Waals surface area contributed by atoms with E-state index in [1.165, 1.54) is 0 Å². The summed E-state index contributed by atoms with van der Waals surface area (Å²) in [5, 5.41) is 4.93. The quantitative estimate of drug-likeness (QED) is 0.451. The SMILES string of the molecule is COc1ccc(C=NNc2ccc(Cl)cc2)cc1OCc1ccccc1. The highest BCUT2D eigenvalue weighted by Gasteiger charge is 2.05. The minimum atomic E-state index is 0.473.